The molecule has 3 aromatic heterocycles. The summed E-state index contributed by atoms with van der Waals surface area (Å²) in [5.74, 6) is 1.11. The fourth-order valence-electron chi connectivity index (χ4n) is 5.84. The van der Waals surface area contributed by atoms with Crippen molar-refractivity contribution in [2.45, 2.75) is 50.6 Å². The van der Waals surface area contributed by atoms with E-state index in [1.807, 2.05) is 43.6 Å². The molecule has 2 atom stereocenters. The summed E-state index contributed by atoms with van der Waals surface area (Å²) in [7, 11) is 0. The van der Waals surface area contributed by atoms with Gasteiger partial charge in [0.1, 0.15) is 5.82 Å². The van der Waals surface area contributed by atoms with Crippen molar-refractivity contribution in [1.82, 2.24) is 24.5 Å². The lowest BCUT2D eigenvalue weighted by molar-refractivity contribution is 0.209. The summed E-state index contributed by atoms with van der Waals surface area (Å²) >= 11 is 0. The molecule has 8 nitrogen and oxygen atoms in total. The number of guanidine groups is 1. The molecular formula is C26H28N8. The zero-order valence-electron chi connectivity index (χ0n) is 19.1. The van der Waals surface area contributed by atoms with Gasteiger partial charge in [-0.1, -0.05) is 36.4 Å². The molecule has 2 aliphatic rings. The first-order chi connectivity index (χ1) is 16.5. The molecule has 2 fully saturated rings. The average molecular weight is 453 g/mol. The zero-order valence-corrected chi connectivity index (χ0v) is 19.1. The maximum atomic E-state index is 7.97. The molecule has 5 N–H and O–H groups in total. The highest BCUT2D eigenvalue weighted by Crippen LogP contribution is 2.44. The van der Waals surface area contributed by atoms with E-state index in [0.29, 0.717) is 23.8 Å². The number of rotatable bonds is 3. The molecule has 4 aromatic rings. The number of nitrogen functional groups attached to an aromatic ring is 1. The summed E-state index contributed by atoms with van der Waals surface area (Å²) in [5.41, 5.74) is 19.1. The number of benzene rings is 1. The van der Waals surface area contributed by atoms with Gasteiger partial charge < -0.3 is 16.4 Å². The van der Waals surface area contributed by atoms with Crippen LogP contribution in [-0.2, 0) is 0 Å². The lowest BCUT2D eigenvalue weighted by atomic mass is 9.86. The Labute approximate surface area is 198 Å². The standard InChI is InChI=1S/C26H28N8/c1-15-23(18-11-19-8-9-20(12-18)33(19)26(28)29)32-25-21(14-31-34(25)24(15)27)17-7-10-22(30-13-17)16-5-3-2-4-6-16/h2-7,10,13-14,18-20H,8-9,11-12,27H2,1H3,(H3,28,29). The highest BCUT2D eigenvalue weighted by Gasteiger charge is 2.42. The van der Waals surface area contributed by atoms with Crippen LogP contribution in [-0.4, -0.2) is 42.5 Å². The molecular weight excluding hydrogens is 424 g/mol. The molecule has 5 heterocycles. The van der Waals surface area contributed by atoms with Crippen LogP contribution in [0.1, 0.15) is 42.9 Å². The highest BCUT2D eigenvalue weighted by atomic mass is 15.3. The maximum absolute atomic E-state index is 7.97. The Hall–Kier alpha value is -3.94. The van der Waals surface area contributed by atoms with E-state index in [1.165, 1.54) is 0 Å². The van der Waals surface area contributed by atoms with Gasteiger partial charge in [-0.05, 0) is 38.7 Å². The second kappa shape index (κ2) is 7.83. The third-order valence-corrected chi connectivity index (χ3v) is 7.51. The molecule has 0 aliphatic carbocycles. The van der Waals surface area contributed by atoms with Crippen molar-refractivity contribution in [3.63, 3.8) is 0 Å². The third kappa shape index (κ3) is 3.21. The number of nitrogens with one attached hydrogen (secondary N) is 1. The van der Waals surface area contributed by atoms with E-state index in [2.05, 4.69) is 33.2 Å². The Morgan fingerprint density at radius 2 is 1.74 bits per heavy atom. The van der Waals surface area contributed by atoms with Gasteiger partial charge in [0.05, 0.1) is 17.6 Å². The van der Waals surface area contributed by atoms with Gasteiger partial charge in [0.25, 0.3) is 0 Å². The molecule has 2 unspecified atom stereocenters. The number of anilines is 1. The van der Waals surface area contributed by atoms with Crippen LogP contribution >= 0.6 is 0 Å². The van der Waals surface area contributed by atoms with Gasteiger partial charge in [-0.2, -0.15) is 9.61 Å². The largest absolute Gasteiger partial charge is 0.383 e. The first kappa shape index (κ1) is 20.7. The first-order valence-electron chi connectivity index (χ1n) is 11.8. The first-order valence-corrected chi connectivity index (χ1v) is 11.8. The summed E-state index contributed by atoms with van der Waals surface area (Å²) < 4.78 is 1.73. The highest BCUT2D eigenvalue weighted by molar-refractivity contribution is 5.79. The number of hydrogen-bond donors (Lipinski definition) is 3. The normalized spacial score (nSPS) is 21.8. The summed E-state index contributed by atoms with van der Waals surface area (Å²) in [4.78, 5) is 11.9. The molecule has 0 radical (unpaired) electrons. The van der Waals surface area contributed by atoms with E-state index < -0.39 is 0 Å². The van der Waals surface area contributed by atoms with Crippen LogP contribution < -0.4 is 11.5 Å². The van der Waals surface area contributed by atoms with Crippen LogP contribution in [0.4, 0.5) is 5.82 Å². The monoisotopic (exact) mass is 452 g/mol. The summed E-state index contributed by atoms with van der Waals surface area (Å²) in [6.45, 7) is 2.04. The fraction of sp³-hybridized carbons (Fsp3) is 0.308. The van der Waals surface area contributed by atoms with Crippen molar-refractivity contribution in [2.75, 3.05) is 5.73 Å². The smallest absolute Gasteiger partial charge is 0.188 e. The van der Waals surface area contributed by atoms with Gasteiger partial charge in [-0.25, -0.2) is 4.98 Å². The molecule has 0 saturated carbocycles. The van der Waals surface area contributed by atoms with Crippen molar-refractivity contribution in [2.24, 2.45) is 5.73 Å². The van der Waals surface area contributed by atoms with Crippen molar-refractivity contribution >= 4 is 17.4 Å². The summed E-state index contributed by atoms with van der Waals surface area (Å²) in [6, 6.07) is 14.8. The summed E-state index contributed by atoms with van der Waals surface area (Å²) in [6.07, 6.45) is 7.74. The number of hydrogen-bond acceptors (Lipinski definition) is 5. The number of nitrogens with two attached hydrogens (primary N) is 2. The van der Waals surface area contributed by atoms with E-state index in [9.17, 15) is 0 Å². The topological polar surface area (TPSA) is 122 Å². The van der Waals surface area contributed by atoms with E-state index >= 15 is 0 Å². The van der Waals surface area contributed by atoms with E-state index in [4.69, 9.17) is 21.9 Å². The number of aromatic nitrogens is 4. The maximum Gasteiger partial charge on any atom is 0.188 e. The van der Waals surface area contributed by atoms with Crippen molar-refractivity contribution in [3.8, 4) is 22.4 Å². The van der Waals surface area contributed by atoms with Gasteiger partial charge in [-0.3, -0.25) is 10.4 Å². The van der Waals surface area contributed by atoms with Gasteiger partial charge in [0.15, 0.2) is 11.6 Å². The Bertz CT molecular complexity index is 1360. The quantitative estimate of drug-likeness (QED) is 0.319. The molecule has 6 rings (SSSR count). The summed E-state index contributed by atoms with van der Waals surface area (Å²) in [5, 5.41) is 12.5. The number of fused-ring (bicyclic) bond motifs is 3. The Kier molecular flexibility index (Phi) is 4.76. The minimum Gasteiger partial charge on any atom is -0.383 e. The number of piperidine rings is 1. The average Bonchev–Trinajstić information content (AvgIpc) is 3.40. The lowest BCUT2D eigenvalue weighted by Crippen LogP contribution is -2.49. The van der Waals surface area contributed by atoms with Crippen LogP contribution in [0.5, 0.6) is 0 Å². The molecule has 2 aliphatic heterocycles. The number of nitrogens with zero attached hydrogens (tertiary/aromatic N) is 5. The van der Waals surface area contributed by atoms with Gasteiger partial charge in [-0.15, -0.1) is 0 Å². The molecule has 1 aromatic carbocycles. The van der Waals surface area contributed by atoms with Crippen molar-refractivity contribution < 1.29 is 0 Å². The van der Waals surface area contributed by atoms with Crippen LogP contribution in [0.2, 0.25) is 0 Å². The third-order valence-electron chi connectivity index (χ3n) is 7.51. The van der Waals surface area contributed by atoms with E-state index in [0.717, 1.165) is 65.0 Å². The predicted molar refractivity (Wildman–Crippen MR) is 133 cm³/mol. The van der Waals surface area contributed by atoms with Gasteiger partial charge >= 0.3 is 0 Å². The van der Waals surface area contributed by atoms with Crippen LogP contribution in [0.25, 0.3) is 28.0 Å². The minimum atomic E-state index is 0.190. The van der Waals surface area contributed by atoms with Crippen LogP contribution in [0.3, 0.4) is 0 Å². The number of pyridine rings is 1. The molecule has 172 valence electrons. The Morgan fingerprint density at radius 1 is 1.00 bits per heavy atom. The minimum absolute atomic E-state index is 0.190. The molecule has 2 bridgehead atoms. The molecule has 8 heteroatoms. The zero-order chi connectivity index (χ0) is 23.4. The van der Waals surface area contributed by atoms with E-state index in [1.54, 1.807) is 4.52 Å². The van der Waals surface area contributed by atoms with Gasteiger partial charge in [0.2, 0.25) is 0 Å². The molecule has 34 heavy (non-hydrogen) atoms. The van der Waals surface area contributed by atoms with Crippen molar-refractivity contribution in [1.29, 1.82) is 5.41 Å². The van der Waals surface area contributed by atoms with Crippen LogP contribution in [0, 0.1) is 12.3 Å². The molecule has 0 amide bonds. The second-order valence-corrected chi connectivity index (χ2v) is 9.44. The predicted octanol–water partition coefficient (Wildman–Crippen LogP) is 3.95. The van der Waals surface area contributed by atoms with Crippen LogP contribution in [0.15, 0.2) is 54.9 Å². The SMILES string of the molecule is Cc1c(C2CC3CCC(C2)N3C(=N)N)nc2c(-c3ccc(-c4ccccc4)nc3)cnn2c1N. The second-order valence-electron chi connectivity index (χ2n) is 9.44. The van der Waals surface area contributed by atoms with Gasteiger partial charge in [0, 0.05) is 46.5 Å². The lowest BCUT2D eigenvalue weighted by Gasteiger charge is -2.39. The molecule has 0 spiro atoms. The molecule has 2 saturated heterocycles. The Morgan fingerprint density at radius 3 is 2.38 bits per heavy atom. The fourth-order valence-corrected chi connectivity index (χ4v) is 5.84. The van der Waals surface area contributed by atoms with E-state index in [-0.39, 0.29) is 5.96 Å². The van der Waals surface area contributed by atoms with Crippen molar-refractivity contribution in [3.05, 3.63) is 66.1 Å². The Balaban J connectivity index is 1.38.